The summed E-state index contributed by atoms with van der Waals surface area (Å²) in [7, 11) is 6.40. The summed E-state index contributed by atoms with van der Waals surface area (Å²) in [6.45, 7) is 0. The number of nitrogens with one attached hydrogen (secondary N) is 1. The first kappa shape index (κ1) is 25.6. The Bertz CT molecular complexity index is 1680. The van der Waals surface area contributed by atoms with Crippen LogP contribution in [0, 0.1) is 0 Å². The largest absolute Gasteiger partial charge is 0.494 e. The van der Waals surface area contributed by atoms with E-state index in [1.165, 1.54) is 11.3 Å². The fourth-order valence-corrected chi connectivity index (χ4v) is 5.29. The summed E-state index contributed by atoms with van der Waals surface area (Å²) in [5, 5.41) is 7.94. The lowest BCUT2D eigenvalue weighted by atomic mass is 10.1. The van der Waals surface area contributed by atoms with Gasteiger partial charge >= 0.3 is 0 Å². The Labute approximate surface area is 231 Å². The number of ether oxygens (including phenoxy) is 4. The second kappa shape index (κ2) is 11.2. The Balaban J connectivity index is 1.71. The predicted octanol–water partition coefficient (Wildman–Crippen LogP) is 6.61. The van der Waals surface area contributed by atoms with E-state index < -0.39 is 0 Å². The van der Waals surface area contributed by atoms with Crippen LogP contribution < -0.4 is 23.7 Å². The van der Waals surface area contributed by atoms with Gasteiger partial charge in [-0.05, 0) is 42.5 Å². The number of thiazole rings is 1. The molecule has 0 fully saturated rings. The van der Waals surface area contributed by atoms with Gasteiger partial charge in [-0.3, -0.25) is 0 Å². The lowest BCUT2D eigenvalue weighted by Gasteiger charge is -2.14. The second-order valence-corrected chi connectivity index (χ2v) is 9.84. The molecular weight excluding hydrogens is 568 g/mol. The van der Waals surface area contributed by atoms with Gasteiger partial charge in [0.2, 0.25) is 10.6 Å². The van der Waals surface area contributed by atoms with Gasteiger partial charge in [-0.2, -0.15) is 5.10 Å². The summed E-state index contributed by atoms with van der Waals surface area (Å²) in [6.07, 6.45) is 3.75. The van der Waals surface area contributed by atoms with Crippen LogP contribution in [0.3, 0.4) is 0 Å². The van der Waals surface area contributed by atoms with E-state index in [0.717, 1.165) is 32.2 Å². The number of halogens is 1. The van der Waals surface area contributed by atoms with Crippen molar-refractivity contribution in [2.24, 2.45) is 10.1 Å². The SMILES string of the molecule is COc1ccccc1N=c1scc(-c2cc(OC)c(OC)c(OC)c2)n1N=Cc1c[nH]c2ccc(Br)cc12. The van der Waals surface area contributed by atoms with E-state index in [2.05, 4.69) is 27.0 Å². The number of methoxy groups -OCH3 is 4. The van der Waals surface area contributed by atoms with Gasteiger partial charge in [0.15, 0.2) is 11.5 Å². The number of hydrogen-bond acceptors (Lipinski definition) is 7. The van der Waals surface area contributed by atoms with Crippen molar-refractivity contribution in [3.63, 3.8) is 0 Å². The maximum Gasteiger partial charge on any atom is 0.211 e. The highest BCUT2D eigenvalue weighted by Gasteiger charge is 2.17. The minimum Gasteiger partial charge on any atom is -0.494 e. The van der Waals surface area contributed by atoms with E-state index in [0.29, 0.717) is 33.5 Å². The molecule has 5 rings (SSSR count). The van der Waals surface area contributed by atoms with Crippen LogP contribution in [0.1, 0.15) is 5.56 Å². The normalized spacial score (nSPS) is 11.9. The van der Waals surface area contributed by atoms with Gasteiger partial charge in [-0.25, -0.2) is 9.67 Å². The van der Waals surface area contributed by atoms with Crippen molar-refractivity contribution >= 4 is 50.1 Å². The van der Waals surface area contributed by atoms with Crippen molar-refractivity contribution < 1.29 is 18.9 Å². The van der Waals surface area contributed by atoms with Gasteiger partial charge in [-0.1, -0.05) is 28.1 Å². The Kier molecular flexibility index (Phi) is 7.52. The molecule has 5 aromatic rings. The molecule has 0 amide bonds. The standard InChI is InChI=1S/C28H25BrN4O4S/c1-34-24-8-6-5-7-22(24)32-28-33(31-15-18-14-30-21-10-9-19(29)13-20(18)21)23(16-38-28)17-11-25(35-2)27(37-4)26(12-17)36-3/h5-16,30H,1-4H3. The van der Waals surface area contributed by atoms with Gasteiger partial charge in [0, 0.05) is 38.1 Å². The molecule has 0 radical (unpaired) electrons. The van der Waals surface area contributed by atoms with Gasteiger partial charge in [-0.15, -0.1) is 11.3 Å². The third-order valence-electron chi connectivity index (χ3n) is 5.94. The first-order valence-electron chi connectivity index (χ1n) is 11.6. The number of aromatic amines is 1. The Morgan fingerprint density at radius 1 is 0.895 bits per heavy atom. The highest BCUT2D eigenvalue weighted by atomic mass is 79.9. The average Bonchev–Trinajstić information content (AvgIpc) is 3.54. The predicted molar refractivity (Wildman–Crippen MR) is 155 cm³/mol. The van der Waals surface area contributed by atoms with Crippen molar-refractivity contribution in [1.82, 2.24) is 9.66 Å². The molecule has 2 aromatic heterocycles. The Hall–Kier alpha value is -4.02. The van der Waals surface area contributed by atoms with E-state index in [9.17, 15) is 0 Å². The molecule has 38 heavy (non-hydrogen) atoms. The molecule has 0 saturated heterocycles. The summed E-state index contributed by atoms with van der Waals surface area (Å²) < 4.78 is 25.0. The molecule has 0 spiro atoms. The topological polar surface area (TPSA) is 82.4 Å². The van der Waals surface area contributed by atoms with E-state index in [1.807, 2.05) is 66.3 Å². The molecule has 10 heteroatoms. The van der Waals surface area contributed by atoms with Crippen molar-refractivity contribution in [2.45, 2.75) is 0 Å². The quantitative estimate of drug-likeness (QED) is 0.205. The van der Waals surface area contributed by atoms with Gasteiger partial charge in [0.1, 0.15) is 11.4 Å². The van der Waals surface area contributed by atoms with Crippen LogP contribution in [0.25, 0.3) is 22.2 Å². The maximum atomic E-state index is 5.59. The number of hydrogen-bond donors (Lipinski definition) is 1. The van der Waals surface area contributed by atoms with E-state index in [4.69, 9.17) is 29.0 Å². The van der Waals surface area contributed by atoms with Crippen LogP contribution in [0.4, 0.5) is 5.69 Å². The Morgan fingerprint density at radius 3 is 2.34 bits per heavy atom. The molecule has 2 heterocycles. The highest BCUT2D eigenvalue weighted by molar-refractivity contribution is 9.10. The number of nitrogens with zero attached hydrogens (tertiary/aromatic N) is 3. The molecule has 0 atom stereocenters. The lowest BCUT2D eigenvalue weighted by Crippen LogP contribution is -2.11. The number of aromatic nitrogens is 2. The van der Waals surface area contributed by atoms with Crippen LogP contribution in [0.15, 0.2) is 80.7 Å². The molecule has 3 aromatic carbocycles. The van der Waals surface area contributed by atoms with Crippen LogP contribution in [0.5, 0.6) is 23.0 Å². The average molecular weight is 594 g/mol. The van der Waals surface area contributed by atoms with Gasteiger partial charge in [0.05, 0.1) is 40.3 Å². The van der Waals surface area contributed by atoms with Crippen molar-refractivity contribution in [3.8, 4) is 34.3 Å². The molecule has 1 N–H and O–H groups in total. The first-order valence-corrected chi connectivity index (χ1v) is 13.2. The zero-order valence-corrected chi connectivity index (χ0v) is 23.6. The first-order chi connectivity index (χ1) is 18.6. The molecule has 0 aliphatic heterocycles. The Morgan fingerprint density at radius 2 is 1.63 bits per heavy atom. The summed E-state index contributed by atoms with van der Waals surface area (Å²) in [4.78, 5) is 8.85. The minimum absolute atomic E-state index is 0.521. The van der Waals surface area contributed by atoms with Crippen molar-refractivity contribution in [1.29, 1.82) is 0 Å². The van der Waals surface area contributed by atoms with Crippen molar-refractivity contribution in [3.05, 3.63) is 81.0 Å². The summed E-state index contributed by atoms with van der Waals surface area (Å²) in [5.41, 5.74) is 4.30. The fourth-order valence-electron chi connectivity index (χ4n) is 4.08. The fraction of sp³-hybridized carbons (Fsp3) is 0.143. The maximum absolute atomic E-state index is 5.59. The molecule has 0 saturated carbocycles. The summed E-state index contributed by atoms with van der Waals surface area (Å²) >= 11 is 5.03. The second-order valence-electron chi connectivity index (χ2n) is 8.09. The molecule has 0 aliphatic rings. The smallest absolute Gasteiger partial charge is 0.211 e. The molecule has 0 aliphatic carbocycles. The number of rotatable bonds is 8. The zero-order valence-electron chi connectivity index (χ0n) is 21.2. The zero-order chi connectivity index (χ0) is 26.6. The van der Waals surface area contributed by atoms with E-state index in [-0.39, 0.29) is 0 Å². The number of benzene rings is 3. The monoisotopic (exact) mass is 592 g/mol. The molecule has 0 bridgehead atoms. The third-order valence-corrected chi connectivity index (χ3v) is 7.24. The van der Waals surface area contributed by atoms with E-state index in [1.54, 1.807) is 33.1 Å². The number of H-pyrrole nitrogens is 1. The van der Waals surface area contributed by atoms with Crippen LogP contribution in [0.2, 0.25) is 0 Å². The van der Waals surface area contributed by atoms with Gasteiger partial charge < -0.3 is 23.9 Å². The number of fused-ring (bicyclic) bond motifs is 1. The van der Waals surface area contributed by atoms with Crippen molar-refractivity contribution in [2.75, 3.05) is 28.4 Å². The van der Waals surface area contributed by atoms with Gasteiger partial charge in [0.25, 0.3) is 0 Å². The summed E-state index contributed by atoms with van der Waals surface area (Å²) in [6, 6.07) is 17.5. The molecule has 0 unspecified atom stereocenters. The highest BCUT2D eigenvalue weighted by Crippen LogP contribution is 2.41. The molecule has 8 nitrogen and oxygen atoms in total. The summed E-state index contributed by atoms with van der Waals surface area (Å²) in [5.74, 6) is 2.29. The van der Waals surface area contributed by atoms with Crippen LogP contribution >= 0.6 is 27.3 Å². The lowest BCUT2D eigenvalue weighted by molar-refractivity contribution is 0.324. The van der Waals surface area contributed by atoms with E-state index >= 15 is 0 Å². The van der Waals surface area contributed by atoms with Crippen LogP contribution in [-0.4, -0.2) is 44.3 Å². The molecule has 194 valence electrons. The number of para-hydroxylation sites is 2. The molecular formula is C28H25BrN4O4S. The third kappa shape index (κ3) is 4.92. The van der Waals surface area contributed by atoms with Crippen LogP contribution in [-0.2, 0) is 0 Å². The minimum atomic E-state index is 0.521.